The van der Waals surface area contributed by atoms with Crippen LogP contribution in [0.2, 0.25) is 0 Å². The first-order valence-electron chi connectivity index (χ1n) is 9.32. The Morgan fingerprint density at radius 1 is 0.931 bits per heavy atom. The second-order valence-corrected chi connectivity index (χ2v) is 7.16. The first-order valence-corrected chi connectivity index (χ1v) is 9.32. The number of imidazole rings is 1. The highest BCUT2D eigenvalue weighted by Gasteiger charge is 2.21. The molecule has 0 saturated carbocycles. The summed E-state index contributed by atoms with van der Waals surface area (Å²) in [6, 6.07) is 5.75. The molecule has 1 fully saturated rings. The van der Waals surface area contributed by atoms with Gasteiger partial charge in [0.2, 0.25) is 0 Å². The molecule has 1 saturated heterocycles. The number of rotatable bonds is 3. The van der Waals surface area contributed by atoms with Gasteiger partial charge in [-0.3, -0.25) is 9.13 Å². The van der Waals surface area contributed by atoms with Gasteiger partial charge in [-0.15, -0.1) is 0 Å². The first kappa shape index (κ1) is 19.0. The summed E-state index contributed by atoms with van der Waals surface area (Å²) in [4.78, 5) is 26.9. The number of anilines is 3. The number of nitrogens with zero attached hydrogens (tertiary/aromatic N) is 3. The Kier molecular flexibility index (Phi) is 4.73. The van der Waals surface area contributed by atoms with Crippen molar-refractivity contribution in [3.63, 3.8) is 0 Å². The fourth-order valence-electron chi connectivity index (χ4n) is 3.72. The Morgan fingerprint density at radius 3 is 2.24 bits per heavy atom. The molecular formula is C20H21F2N5O2. The van der Waals surface area contributed by atoms with Crippen LogP contribution in [0.4, 0.5) is 30.6 Å². The molecule has 2 aromatic carbocycles. The summed E-state index contributed by atoms with van der Waals surface area (Å²) in [6.45, 7) is 1.67. The monoisotopic (exact) mass is 401 g/mol. The van der Waals surface area contributed by atoms with Gasteiger partial charge in [0.15, 0.2) is 0 Å². The number of halogens is 2. The van der Waals surface area contributed by atoms with E-state index in [0.717, 1.165) is 55.3 Å². The molecule has 2 N–H and O–H groups in total. The number of nitrogens with one attached hydrogen (secondary N) is 2. The molecule has 0 radical (unpaired) electrons. The Morgan fingerprint density at radius 2 is 1.55 bits per heavy atom. The summed E-state index contributed by atoms with van der Waals surface area (Å²) < 4.78 is 30.3. The minimum atomic E-state index is -0.734. The number of fused-ring (bicyclic) bond motifs is 1. The second-order valence-electron chi connectivity index (χ2n) is 7.16. The normalized spacial score (nSPS) is 13.9. The van der Waals surface area contributed by atoms with E-state index in [9.17, 15) is 18.4 Å². The van der Waals surface area contributed by atoms with E-state index < -0.39 is 17.7 Å². The summed E-state index contributed by atoms with van der Waals surface area (Å²) in [7, 11) is 3.36. The van der Waals surface area contributed by atoms with Crippen molar-refractivity contribution in [2.45, 2.75) is 12.8 Å². The van der Waals surface area contributed by atoms with Crippen LogP contribution in [0.3, 0.4) is 0 Å². The number of hydrogen-bond donors (Lipinski definition) is 2. The van der Waals surface area contributed by atoms with Crippen LogP contribution in [0, 0.1) is 11.6 Å². The molecule has 3 aromatic rings. The molecular weight excluding hydrogens is 380 g/mol. The molecule has 4 rings (SSSR count). The molecule has 152 valence electrons. The van der Waals surface area contributed by atoms with E-state index in [1.54, 1.807) is 24.7 Å². The number of hydrogen-bond acceptors (Lipinski definition) is 3. The SMILES string of the molecule is Cn1c(=O)n(C)c2cc(N3CCCC3)c(NC(=O)Nc3cc(F)ccc3F)cc21. The third-order valence-corrected chi connectivity index (χ3v) is 5.26. The topological polar surface area (TPSA) is 71.3 Å². The van der Waals surface area contributed by atoms with Gasteiger partial charge in [-0.25, -0.2) is 18.4 Å². The van der Waals surface area contributed by atoms with Crippen molar-refractivity contribution in [2.75, 3.05) is 28.6 Å². The van der Waals surface area contributed by atoms with Gasteiger partial charge < -0.3 is 15.5 Å². The lowest BCUT2D eigenvalue weighted by Crippen LogP contribution is -2.24. The van der Waals surface area contributed by atoms with Crippen LogP contribution < -0.4 is 21.2 Å². The fourth-order valence-corrected chi connectivity index (χ4v) is 3.72. The largest absolute Gasteiger partial charge is 0.370 e. The molecule has 0 spiro atoms. The highest BCUT2D eigenvalue weighted by Crippen LogP contribution is 2.33. The number of aryl methyl sites for hydroxylation is 2. The zero-order chi connectivity index (χ0) is 20.7. The molecule has 1 aliphatic rings. The van der Waals surface area contributed by atoms with Gasteiger partial charge >= 0.3 is 11.7 Å². The van der Waals surface area contributed by atoms with Crippen molar-refractivity contribution in [3.05, 3.63) is 52.5 Å². The molecule has 9 heteroatoms. The summed E-state index contributed by atoms with van der Waals surface area (Å²) >= 11 is 0. The minimum absolute atomic E-state index is 0.171. The maximum atomic E-state index is 13.8. The molecule has 0 aliphatic carbocycles. The zero-order valence-corrected chi connectivity index (χ0v) is 16.1. The quantitative estimate of drug-likeness (QED) is 0.707. The average molecular weight is 401 g/mol. The highest BCUT2D eigenvalue weighted by atomic mass is 19.1. The van der Waals surface area contributed by atoms with Crippen LogP contribution in [0.5, 0.6) is 0 Å². The van der Waals surface area contributed by atoms with Crippen LogP contribution in [0.1, 0.15) is 12.8 Å². The Labute approximate surface area is 165 Å². The van der Waals surface area contributed by atoms with E-state index in [1.807, 2.05) is 6.07 Å². The van der Waals surface area contributed by atoms with E-state index >= 15 is 0 Å². The number of benzene rings is 2. The molecule has 2 amide bonds. The smallest absolute Gasteiger partial charge is 0.328 e. The molecule has 1 aliphatic heterocycles. The van der Waals surface area contributed by atoms with Crippen molar-refractivity contribution >= 4 is 34.1 Å². The number of amides is 2. The Balaban J connectivity index is 1.72. The third kappa shape index (κ3) is 3.43. The molecule has 1 aromatic heterocycles. The second kappa shape index (κ2) is 7.23. The number of urea groups is 1. The predicted octanol–water partition coefficient (Wildman–Crippen LogP) is 3.40. The molecule has 0 bridgehead atoms. The van der Waals surface area contributed by atoms with E-state index in [2.05, 4.69) is 15.5 Å². The van der Waals surface area contributed by atoms with E-state index in [1.165, 1.54) is 4.57 Å². The highest BCUT2D eigenvalue weighted by molar-refractivity contribution is 6.04. The maximum absolute atomic E-state index is 13.8. The van der Waals surface area contributed by atoms with E-state index in [-0.39, 0.29) is 11.4 Å². The fraction of sp³-hybridized carbons (Fsp3) is 0.300. The summed E-state index contributed by atoms with van der Waals surface area (Å²) in [5.41, 5.74) is 2.27. The molecule has 7 nitrogen and oxygen atoms in total. The van der Waals surface area contributed by atoms with Crippen molar-refractivity contribution in [1.82, 2.24) is 9.13 Å². The van der Waals surface area contributed by atoms with Gasteiger partial charge in [0, 0.05) is 33.3 Å². The minimum Gasteiger partial charge on any atom is -0.370 e. The van der Waals surface area contributed by atoms with Crippen molar-refractivity contribution in [1.29, 1.82) is 0 Å². The lowest BCUT2D eigenvalue weighted by molar-refractivity contribution is 0.262. The molecule has 0 atom stereocenters. The maximum Gasteiger partial charge on any atom is 0.328 e. The number of carbonyl (C=O) groups is 1. The van der Waals surface area contributed by atoms with Crippen molar-refractivity contribution < 1.29 is 13.6 Å². The van der Waals surface area contributed by atoms with Crippen molar-refractivity contribution in [3.8, 4) is 0 Å². The van der Waals surface area contributed by atoms with Crippen LogP contribution in [-0.2, 0) is 14.1 Å². The van der Waals surface area contributed by atoms with Crippen LogP contribution in [0.25, 0.3) is 11.0 Å². The van der Waals surface area contributed by atoms with E-state index in [4.69, 9.17) is 0 Å². The van der Waals surface area contributed by atoms with Crippen LogP contribution in [0.15, 0.2) is 35.1 Å². The van der Waals surface area contributed by atoms with Crippen LogP contribution >= 0.6 is 0 Å². The average Bonchev–Trinajstić information content (AvgIpc) is 3.29. The number of aromatic nitrogens is 2. The number of carbonyl (C=O) groups excluding carboxylic acids is 1. The standard InChI is InChI=1S/C20H21F2N5O2/c1-25-17-10-15(24-19(28)23-14-9-12(21)5-6-13(14)22)16(27-7-3-4-8-27)11-18(17)26(2)20(25)29/h5-6,9-11H,3-4,7-8H2,1-2H3,(H2,23,24,28). The third-order valence-electron chi connectivity index (χ3n) is 5.26. The van der Waals surface area contributed by atoms with Crippen LogP contribution in [-0.4, -0.2) is 28.3 Å². The summed E-state index contributed by atoms with van der Waals surface area (Å²) in [6.07, 6.45) is 2.07. The zero-order valence-electron chi connectivity index (χ0n) is 16.1. The molecule has 2 heterocycles. The van der Waals surface area contributed by atoms with Crippen molar-refractivity contribution in [2.24, 2.45) is 14.1 Å². The Bertz CT molecular complexity index is 1160. The first-order chi connectivity index (χ1) is 13.8. The summed E-state index contributed by atoms with van der Waals surface area (Å²) in [5, 5.41) is 5.06. The lowest BCUT2D eigenvalue weighted by atomic mass is 10.2. The van der Waals surface area contributed by atoms with Gasteiger partial charge in [-0.1, -0.05) is 0 Å². The van der Waals surface area contributed by atoms with Gasteiger partial charge in [0.25, 0.3) is 0 Å². The summed E-state index contributed by atoms with van der Waals surface area (Å²) in [5.74, 6) is -1.39. The van der Waals surface area contributed by atoms with Gasteiger partial charge in [-0.2, -0.15) is 0 Å². The Hall–Kier alpha value is -3.36. The van der Waals surface area contributed by atoms with Gasteiger partial charge in [-0.05, 0) is 37.1 Å². The molecule has 29 heavy (non-hydrogen) atoms. The lowest BCUT2D eigenvalue weighted by Gasteiger charge is -2.22. The predicted molar refractivity (Wildman–Crippen MR) is 109 cm³/mol. The van der Waals surface area contributed by atoms with Gasteiger partial charge in [0.05, 0.1) is 28.1 Å². The molecule has 0 unspecified atom stereocenters. The van der Waals surface area contributed by atoms with Gasteiger partial charge in [0.1, 0.15) is 11.6 Å². The van der Waals surface area contributed by atoms with E-state index in [0.29, 0.717) is 11.2 Å².